The van der Waals surface area contributed by atoms with Crippen molar-refractivity contribution in [1.82, 2.24) is 25.0 Å². The SMILES string of the molecule is O=C([C@H]1[C@@H]2CNC[C@@H](C2)c2cccc(=O)n21)N1CCC(c2ccn[nH]2)CC1. The average molecular weight is 367 g/mol. The maximum atomic E-state index is 13.5. The zero-order valence-corrected chi connectivity index (χ0v) is 15.3. The first-order valence-electron chi connectivity index (χ1n) is 9.92. The Balaban J connectivity index is 1.40. The van der Waals surface area contributed by atoms with E-state index in [0.29, 0.717) is 11.8 Å². The molecule has 1 amide bonds. The van der Waals surface area contributed by atoms with Crippen LogP contribution in [0.15, 0.2) is 35.3 Å². The van der Waals surface area contributed by atoms with Crippen LogP contribution in [-0.4, -0.2) is 51.8 Å². The number of nitrogens with zero attached hydrogens (tertiary/aromatic N) is 3. The average Bonchev–Trinajstić information content (AvgIpc) is 3.24. The molecule has 27 heavy (non-hydrogen) atoms. The van der Waals surface area contributed by atoms with E-state index in [0.717, 1.165) is 56.8 Å². The summed E-state index contributed by atoms with van der Waals surface area (Å²) in [4.78, 5) is 28.1. The lowest BCUT2D eigenvalue weighted by atomic mass is 9.78. The highest BCUT2D eigenvalue weighted by Gasteiger charge is 2.43. The molecule has 2 aromatic heterocycles. The van der Waals surface area contributed by atoms with Crippen LogP contribution < -0.4 is 10.9 Å². The third-order valence-corrected chi connectivity index (χ3v) is 6.57. The first-order valence-corrected chi connectivity index (χ1v) is 9.92. The number of carbonyl (C=O) groups is 1. The van der Waals surface area contributed by atoms with E-state index >= 15 is 0 Å². The highest BCUT2D eigenvalue weighted by Crippen LogP contribution is 2.40. The second kappa shape index (κ2) is 6.64. The number of hydrogen-bond donors (Lipinski definition) is 2. The molecule has 7 nitrogen and oxygen atoms in total. The summed E-state index contributed by atoms with van der Waals surface area (Å²) in [5, 5.41) is 10.6. The van der Waals surface area contributed by atoms with Gasteiger partial charge in [0.25, 0.3) is 5.56 Å². The second-order valence-electron chi connectivity index (χ2n) is 8.07. The Labute approximate surface area is 157 Å². The number of aromatic nitrogens is 3. The lowest BCUT2D eigenvalue weighted by molar-refractivity contribution is -0.138. The van der Waals surface area contributed by atoms with Gasteiger partial charge in [-0.05, 0) is 31.4 Å². The number of aromatic amines is 1. The van der Waals surface area contributed by atoms with Gasteiger partial charge in [-0.25, -0.2) is 0 Å². The van der Waals surface area contributed by atoms with Crippen molar-refractivity contribution in [2.45, 2.75) is 37.1 Å². The van der Waals surface area contributed by atoms with Crippen LogP contribution in [0.5, 0.6) is 0 Å². The molecule has 7 heteroatoms. The van der Waals surface area contributed by atoms with Crippen molar-refractivity contribution in [1.29, 1.82) is 0 Å². The van der Waals surface area contributed by atoms with Crippen LogP contribution in [0.2, 0.25) is 0 Å². The number of pyridine rings is 1. The zero-order valence-electron chi connectivity index (χ0n) is 15.3. The molecule has 0 aromatic carbocycles. The number of fused-ring (bicyclic) bond motifs is 4. The van der Waals surface area contributed by atoms with Gasteiger partial charge in [0.1, 0.15) is 6.04 Å². The van der Waals surface area contributed by atoms with E-state index in [2.05, 4.69) is 15.5 Å². The fourth-order valence-electron chi connectivity index (χ4n) is 5.20. The Morgan fingerprint density at radius 2 is 1.96 bits per heavy atom. The number of rotatable bonds is 2. The molecule has 2 N–H and O–H groups in total. The van der Waals surface area contributed by atoms with Gasteiger partial charge in [-0.15, -0.1) is 0 Å². The Morgan fingerprint density at radius 3 is 2.74 bits per heavy atom. The van der Waals surface area contributed by atoms with Crippen LogP contribution in [0.4, 0.5) is 0 Å². The molecule has 142 valence electrons. The third kappa shape index (κ3) is 2.81. The van der Waals surface area contributed by atoms with E-state index in [4.69, 9.17) is 0 Å². The summed E-state index contributed by atoms with van der Waals surface area (Å²) in [6.45, 7) is 3.16. The maximum absolute atomic E-state index is 13.5. The predicted octanol–water partition coefficient (Wildman–Crippen LogP) is 1.23. The van der Waals surface area contributed by atoms with Gasteiger partial charge in [0.05, 0.1) is 0 Å². The highest BCUT2D eigenvalue weighted by atomic mass is 16.2. The summed E-state index contributed by atoms with van der Waals surface area (Å²) >= 11 is 0. The topological polar surface area (TPSA) is 83.0 Å². The van der Waals surface area contributed by atoms with Crippen LogP contribution in [0.3, 0.4) is 0 Å². The summed E-state index contributed by atoms with van der Waals surface area (Å²) in [5.74, 6) is 1.06. The zero-order chi connectivity index (χ0) is 18.4. The van der Waals surface area contributed by atoms with Gasteiger partial charge < -0.3 is 10.2 Å². The maximum Gasteiger partial charge on any atom is 0.251 e. The molecule has 2 aromatic rings. The number of likely N-dealkylation sites (tertiary alicyclic amines) is 1. The fraction of sp³-hybridized carbons (Fsp3) is 0.550. The summed E-state index contributed by atoms with van der Waals surface area (Å²) in [7, 11) is 0. The molecule has 5 heterocycles. The standard InChI is InChI=1S/C20H25N5O2/c26-18-3-1-2-17-14-10-15(12-21-11-14)19(25(17)18)20(27)24-8-5-13(6-9-24)16-4-7-22-23-16/h1-4,7,13-15,19,21H,5-6,8-12H2,(H,22,23)/t14-,15+,19-/m1/s1. The summed E-state index contributed by atoms with van der Waals surface area (Å²) in [6, 6.07) is 7.07. The normalized spacial score (nSPS) is 28.0. The Kier molecular flexibility index (Phi) is 4.11. The van der Waals surface area contributed by atoms with Gasteiger partial charge in [-0.1, -0.05) is 6.07 Å². The molecule has 5 rings (SSSR count). The van der Waals surface area contributed by atoms with Crippen molar-refractivity contribution in [2.75, 3.05) is 26.2 Å². The quantitative estimate of drug-likeness (QED) is 0.836. The monoisotopic (exact) mass is 367 g/mol. The molecule has 0 radical (unpaired) electrons. The third-order valence-electron chi connectivity index (χ3n) is 6.57. The number of hydrogen-bond acceptors (Lipinski definition) is 4. The minimum atomic E-state index is -0.374. The largest absolute Gasteiger partial charge is 0.341 e. The molecule has 2 saturated heterocycles. The van der Waals surface area contributed by atoms with Crippen LogP contribution in [0.25, 0.3) is 0 Å². The number of carbonyl (C=O) groups excluding carboxylic acids is 1. The Bertz CT molecular complexity index is 882. The molecule has 2 bridgehead atoms. The van der Waals surface area contributed by atoms with Crippen molar-refractivity contribution < 1.29 is 4.79 Å². The minimum absolute atomic E-state index is 0.0465. The summed E-state index contributed by atoms with van der Waals surface area (Å²) < 4.78 is 1.79. The van der Waals surface area contributed by atoms with E-state index in [1.807, 2.05) is 23.1 Å². The predicted molar refractivity (Wildman–Crippen MR) is 101 cm³/mol. The first-order chi connectivity index (χ1) is 13.2. The molecule has 3 aliphatic rings. The molecular weight excluding hydrogens is 342 g/mol. The number of H-pyrrole nitrogens is 1. The van der Waals surface area contributed by atoms with Crippen LogP contribution in [-0.2, 0) is 4.79 Å². The first kappa shape index (κ1) is 16.7. The van der Waals surface area contributed by atoms with Crippen LogP contribution in [0, 0.1) is 5.92 Å². The van der Waals surface area contributed by atoms with Crippen molar-refractivity contribution in [3.05, 3.63) is 52.2 Å². The summed E-state index contributed by atoms with van der Waals surface area (Å²) in [5.41, 5.74) is 2.12. The fourth-order valence-corrected chi connectivity index (χ4v) is 5.20. The Morgan fingerprint density at radius 1 is 1.11 bits per heavy atom. The number of amides is 1. The van der Waals surface area contributed by atoms with E-state index in [1.54, 1.807) is 16.8 Å². The minimum Gasteiger partial charge on any atom is -0.341 e. The van der Waals surface area contributed by atoms with Crippen LogP contribution >= 0.6 is 0 Å². The molecule has 3 aliphatic heterocycles. The van der Waals surface area contributed by atoms with Crippen molar-refractivity contribution in [2.24, 2.45) is 5.92 Å². The van der Waals surface area contributed by atoms with Gasteiger partial charge in [-0.2, -0.15) is 5.10 Å². The molecule has 0 aliphatic carbocycles. The lowest BCUT2D eigenvalue weighted by Gasteiger charge is -2.44. The summed E-state index contributed by atoms with van der Waals surface area (Å²) in [6.07, 6.45) is 4.63. The number of piperidine rings is 2. The van der Waals surface area contributed by atoms with Crippen LogP contribution in [0.1, 0.15) is 48.5 Å². The van der Waals surface area contributed by atoms with Gasteiger partial charge in [0, 0.05) is 67.6 Å². The molecule has 0 spiro atoms. The molecular formula is C20H25N5O2. The van der Waals surface area contributed by atoms with E-state index in [1.165, 1.54) is 0 Å². The molecule has 0 saturated carbocycles. The molecule has 2 fully saturated rings. The molecule has 3 atom stereocenters. The van der Waals surface area contributed by atoms with Gasteiger partial charge >= 0.3 is 0 Å². The van der Waals surface area contributed by atoms with E-state index in [-0.39, 0.29) is 23.4 Å². The Hall–Kier alpha value is -2.41. The van der Waals surface area contributed by atoms with E-state index in [9.17, 15) is 9.59 Å². The van der Waals surface area contributed by atoms with Crippen molar-refractivity contribution in [3.8, 4) is 0 Å². The van der Waals surface area contributed by atoms with E-state index < -0.39 is 0 Å². The highest BCUT2D eigenvalue weighted by molar-refractivity contribution is 5.81. The van der Waals surface area contributed by atoms with Crippen molar-refractivity contribution in [3.63, 3.8) is 0 Å². The number of nitrogens with one attached hydrogen (secondary N) is 2. The molecule has 0 unspecified atom stereocenters. The smallest absolute Gasteiger partial charge is 0.251 e. The second-order valence-corrected chi connectivity index (χ2v) is 8.07. The van der Waals surface area contributed by atoms with Gasteiger partial charge in [-0.3, -0.25) is 19.3 Å². The van der Waals surface area contributed by atoms with Gasteiger partial charge in [0.2, 0.25) is 5.91 Å². The lowest BCUT2D eigenvalue weighted by Crippen LogP contribution is -2.53. The van der Waals surface area contributed by atoms with Gasteiger partial charge in [0.15, 0.2) is 0 Å². The van der Waals surface area contributed by atoms with Crippen molar-refractivity contribution >= 4 is 5.91 Å².